The Bertz CT molecular complexity index is 2160. The van der Waals surface area contributed by atoms with Gasteiger partial charge >= 0.3 is 0 Å². The molecule has 4 nitrogen and oxygen atoms in total. The molecule has 0 aliphatic carbocycles. The molecule has 236 valence electrons. The van der Waals surface area contributed by atoms with Crippen LogP contribution in [0, 0.1) is 6.07 Å². The average molecular weight is 794 g/mol. The molecule has 0 aliphatic rings. The van der Waals surface area contributed by atoms with Gasteiger partial charge in [-0.25, -0.2) is 4.98 Å². The van der Waals surface area contributed by atoms with Crippen molar-refractivity contribution in [2.24, 2.45) is 0 Å². The van der Waals surface area contributed by atoms with E-state index in [9.17, 15) is 5.11 Å². The van der Waals surface area contributed by atoms with Gasteiger partial charge in [-0.05, 0) is 70.5 Å². The van der Waals surface area contributed by atoms with E-state index in [0.29, 0.717) is 23.2 Å². The number of rotatable bonds is 7. The summed E-state index contributed by atoms with van der Waals surface area (Å²) in [6.45, 7) is 8.99. The fraction of sp³-hybridized carbons (Fsp3) is 0.143. The van der Waals surface area contributed by atoms with E-state index in [2.05, 4.69) is 117 Å². The molecule has 0 fully saturated rings. The molecule has 5 aromatic carbocycles. The molecular formula is C42H36N3OPt-. The first-order valence-electron chi connectivity index (χ1n) is 15.9. The molecule has 0 radical (unpaired) electrons. The Kier molecular flexibility index (Phi) is 9.25. The number of pyridine rings is 1. The van der Waals surface area contributed by atoms with Crippen molar-refractivity contribution in [1.29, 1.82) is 0 Å². The van der Waals surface area contributed by atoms with Crippen LogP contribution >= 0.6 is 0 Å². The quantitative estimate of drug-likeness (QED) is 0.164. The fourth-order valence-corrected chi connectivity index (χ4v) is 6.04. The molecule has 0 bridgehead atoms. The summed E-state index contributed by atoms with van der Waals surface area (Å²) in [5, 5.41) is 10.8. The Morgan fingerprint density at radius 3 is 2.02 bits per heavy atom. The van der Waals surface area contributed by atoms with E-state index in [-0.39, 0.29) is 26.8 Å². The summed E-state index contributed by atoms with van der Waals surface area (Å²) in [7, 11) is 0. The van der Waals surface area contributed by atoms with Crippen LogP contribution in [-0.4, -0.2) is 19.6 Å². The minimum atomic E-state index is 0. The summed E-state index contributed by atoms with van der Waals surface area (Å²) < 4.78 is 2.11. The second-order valence-corrected chi connectivity index (χ2v) is 12.4. The van der Waals surface area contributed by atoms with Crippen molar-refractivity contribution in [3.8, 4) is 56.3 Å². The van der Waals surface area contributed by atoms with Gasteiger partial charge in [-0.3, -0.25) is 9.55 Å². The molecule has 7 aromatic rings. The predicted octanol–water partition coefficient (Wildman–Crippen LogP) is 10.8. The van der Waals surface area contributed by atoms with E-state index in [1.165, 1.54) is 16.7 Å². The number of phenols is 1. The topological polar surface area (TPSA) is 50.9 Å². The molecular weight excluding hydrogens is 758 g/mol. The number of aromatic hydroxyl groups is 1. The SMILES string of the molecule is CC(C)c1cc(-c2ccnc(-c3[c-]c(-c4cccc5c4nc(-c4ccccc4O)n5-c4ccccc4)ccc3)c2)cc(C(C)C)c1.[Pt]. The summed E-state index contributed by atoms with van der Waals surface area (Å²) in [6.07, 6.45) is 1.89. The van der Waals surface area contributed by atoms with Crippen molar-refractivity contribution >= 4 is 11.0 Å². The standard InChI is InChI=1S/C42H36N3O.Pt/c1-27(2)32-23-33(28(3)4)25-34(24-32)29-20-21-43-38(26-29)31-13-10-12-30(22-31)36-17-11-18-39-41(36)44-42(37-16-8-9-19-40(37)46)45(39)35-14-6-5-7-15-35;/h5-21,23-28,46H,1-4H3;/q-1;. The second-order valence-electron chi connectivity index (χ2n) is 12.4. The molecule has 1 N–H and O–H groups in total. The number of phenolic OH excluding ortho intramolecular Hbond substituents is 1. The summed E-state index contributed by atoms with van der Waals surface area (Å²) in [5.74, 6) is 1.77. The van der Waals surface area contributed by atoms with Crippen LogP contribution in [0.3, 0.4) is 0 Å². The maximum absolute atomic E-state index is 10.8. The summed E-state index contributed by atoms with van der Waals surface area (Å²) in [4.78, 5) is 9.94. The molecule has 0 saturated heterocycles. The van der Waals surface area contributed by atoms with Gasteiger partial charge in [0.25, 0.3) is 0 Å². The first kappa shape index (κ1) is 32.2. The van der Waals surface area contributed by atoms with Gasteiger partial charge in [-0.1, -0.05) is 106 Å². The van der Waals surface area contributed by atoms with Crippen LogP contribution in [0.2, 0.25) is 0 Å². The van der Waals surface area contributed by atoms with Crippen LogP contribution in [0.4, 0.5) is 0 Å². The van der Waals surface area contributed by atoms with E-state index in [1.807, 2.05) is 42.6 Å². The Labute approximate surface area is 291 Å². The van der Waals surface area contributed by atoms with Crippen molar-refractivity contribution in [2.45, 2.75) is 39.5 Å². The smallest absolute Gasteiger partial charge is 0.148 e. The van der Waals surface area contributed by atoms with E-state index in [1.54, 1.807) is 6.07 Å². The zero-order chi connectivity index (χ0) is 31.8. The van der Waals surface area contributed by atoms with E-state index in [0.717, 1.165) is 44.7 Å². The number of hydrogen-bond acceptors (Lipinski definition) is 3. The monoisotopic (exact) mass is 793 g/mol. The number of aromatic nitrogens is 3. The summed E-state index contributed by atoms with van der Waals surface area (Å²) in [6, 6.07) is 44.8. The molecule has 0 amide bonds. The molecule has 0 aliphatic heterocycles. The number of imidazole rings is 1. The van der Waals surface area contributed by atoms with Crippen LogP contribution in [0.15, 0.2) is 128 Å². The van der Waals surface area contributed by atoms with Gasteiger partial charge < -0.3 is 5.11 Å². The minimum Gasteiger partial charge on any atom is -0.507 e. The van der Waals surface area contributed by atoms with Crippen LogP contribution in [-0.2, 0) is 21.1 Å². The molecule has 47 heavy (non-hydrogen) atoms. The summed E-state index contributed by atoms with van der Waals surface area (Å²) in [5.41, 5.74) is 12.2. The van der Waals surface area contributed by atoms with E-state index in [4.69, 9.17) is 9.97 Å². The van der Waals surface area contributed by atoms with Gasteiger partial charge in [0, 0.05) is 38.6 Å². The van der Waals surface area contributed by atoms with Crippen molar-refractivity contribution in [3.63, 3.8) is 0 Å². The molecule has 0 atom stereocenters. The molecule has 2 aromatic heterocycles. The zero-order valence-electron chi connectivity index (χ0n) is 26.9. The van der Waals surface area contributed by atoms with Crippen LogP contribution in [0.1, 0.15) is 50.7 Å². The fourth-order valence-electron chi connectivity index (χ4n) is 6.04. The van der Waals surface area contributed by atoms with Gasteiger partial charge in [0.05, 0.1) is 16.6 Å². The molecule has 7 rings (SSSR count). The maximum atomic E-state index is 10.8. The Morgan fingerprint density at radius 1 is 0.638 bits per heavy atom. The third-order valence-electron chi connectivity index (χ3n) is 8.61. The van der Waals surface area contributed by atoms with Crippen molar-refractivity contribution in [3.05, 3.63) is 145 Å². The third-order valence-corrected chi connectivity index (χ3v) is 8.61. The first-order valence-corrected chi connectivity index (χ1v) is 15.9. The number of para-hydroxylation sites is 3. The minimum absolute atomic E-state index is 0. The van der Waals surface area contributed by atoms with Gasteiger partial charge in [0.15, 0.2) is 0 Å². The Morgan fingerprint density at radius 2 is 1.30 bits per heavy atom. The zero-order valence-corrected chi connectivity index (χ0v) is 29.2. The van der Waals surface area contributed by atoms with Gasteiger partial charge in [0.2, 0.25) is 0 Å². The average Bonchev–Trinajstić information content (AvgIpc) is 3.48. The van der Waals surface area contributed by atoms with E-state index < -0.39 is 0 Å². The van der Waals surface area contributed by atoms with Crippen molar-refractivity contribution in [2.75, 3.05) is 0 Å². The maximum Gasteiger partial charge on any atom is 0.148 e. The predicted molar refractivity (Wildman–Crippen MR) is 189 cm³/mol. The molecule has 0 saturated carbocycles. The summed E-state index contributed by atoms with van der Waals surface area (Å²) >= 11 is 0. The Balaban J connectivity index is 0.00000386. The van der Waals surface area contributed by atoms with Gasteiger partial charge in [-0.2, -0.15) is 0 Å². The van der Waals surface area contributed by atoms with Crippen LogP contribution in [0.5, 0.6) is 5.75 Å². The van der Waals surface area contributed by atoms with Gasteiger partial charge in [0.1, 0.15) is 11.6 Å². The third kappa shape index (κ3) is 6.31. The van der Waals surface area contributed by atoms with Gasteiger partial charge in [-0.15, -0.1) is 29.8 Å². The molecule has 0 unspecified atom stereocenters. The normalized spacial score (nSPS) is 11.3. The van der Waals surface area contributed by atoms with Crippen LogP contribution < -0.4 is 0 Å². The molecule has 5 heteroatoms. The number of hydrogen-bond donors (Lipinski definition) is 1. The van der Waals surface area contributed by atoms with Crippen LogP contribution in [0.25, 0.3) is 61.6 Å². The Hall–Kier alpha value is -4.79. The molecule has 0 spiro atoms. The molecule has 2 heterocycles. The second kappa shape index (κ2) is 13.5. The van der Waals surface area contributed by atoms with Crippen molar-refractivity contribution < 1.29 is 26.2 Å². The number of benzene rings is 5. The first-order chi connectivity index (χ1) is 22.4. The number of nitrogens with zero attached hydrogens (tertiary/aromatic N) is 3. The van der Waals surface area contributed by atoms with Crippen molar-refractivity contribution in [1.82, 2.24) is 14.5 Å². The van der Waals surface area contributed by atoms with E-state index >= 15 is 0 Å². The number of fused-ring (bicyclic) bond motifs is 1. The largest absolute Gasteiger partial charge is 0.507 e.